The van der Waals surface area contributed by atoms with E-state index < -0.39 is 18.0 Å². The maximum Gasteiger partial charge on any atom is 0.332 e. The molecule has 0 aromatic heterocycles. The van der Waals surface area contributed by atoms with E-state index in [-0.39, 0.29) is 31.8 Å². The minimum absolute atomic E-state index is 0.116. The molecule has 0 fully saturated rings. The Labute approximate surface area is 104 Å². The van der Waals surface area contributed by atoms with Crippen molar-refractivity contribution < 1.29 is 23.9 Å². The zero-order valence-corrected chi connectivity index (χ0v) is 10.4. The lowest BCUT2D eigenvalue weighted by atomic mass is 10.2. The standard InChI is InChI=1S/C10H17N3O5/c1-3-17-8(14)5-7(12-13-10(11)16)6-9(15)18-4-2/h3-6H2,1-2H3,(H3,11,13,16). The van der Waals surface area contributed by atoms with Crippen molar-refractivity contribution in [1.82, 2.24) is 5.43 Å². The number of nitrogens with one attached hydrogen (secondary N) is 1. The van der Waals surface area contributed by atoms with Crippen molar-refractivity contribution in [2.45, 2.75) is 26.7 Å². The summed E-state index contributed by atoms with van der Waals surface area (Å²) in [6.07, 6.45) is -0.431. The van der Waals surface area contributed by atoms with Crippen molar-refractivity contribution in [2.75, 3.05) is 13.2 Å². The zero-order valence-electron chi connectivity index (χ0n) is 10.4. The van der Waals surface area contributed by atoms with Crippen LogP contribution in [0.4, 0.5) is 4.79 Å². The molecule has 0 spiro atoms. The average Bonchev–Trinajstić information content (AvgIpc) is 2.26. The SMILES string of the molecule is CCOC(=O)CC(CC(=O)OCC)=NNC(N)=O. The molecular formula is C10H17N3O5. The number of hydrazone groups is 1. The number of primary amides is 1. The average molecular weight is 259 g/mol. The summed E-state index contributed by atoms with van der Waals surface area (Å²) in [5.41, 5.74) is 6.90. The van der Waals surface area contributed by atoms with Crippen LogP contribution in [0.5, 0.6) is 0 Å². The first-order valence-corrected chi connectivity index (χ1v) is 5.41. The minimum Gasteiger partial charge on any atom is -0.466 e. The number of urea groups is 1. The predicted octanol–water partition coefficient (Wildman–Crippen LogP) is -0.0829. The molecule has 0 bridgehead atoms. The summed E-state index contributed by atoms with van der Waals surface area (Å²) in [5, 5.41) is 3.56. The molecule has 102 valence electrons. The van der Waals surface area contributed by atoms with E-state index in [1.54, 1.807) is 13.8 Å². The van der Waals surface area contributed by atoms with Crippen LogP contribution in [0.2, 0.25) is 0 Å². The molecule has 0 unspecified atom stereocenters. The first-order chi connectivity index (χ1) is 8.49. The molecule has 0 aromatic carbocycles. The molecule has 0 aliphatic rings. The molecule has 0 saturated carbocycles. The van der Waals surface area contributed by atoms with Gasteiger partial charge in [-0.05, 0) is 13.8 Å². The number of nitrogens with two attached hydrogens (primary N) is 1. The summed E-state index contributed by atoms with van der Waals surface area (Å²) < 4.78 is 9.41. The van der Waals surface area contributed by atoms with Crippen molar-refractivity contribution in [1.29, 1.82) is 0 Å². The number of rotatable bonds is 7. The van der Waals surface area contributed by atoms with Gasteiger partial charge in [-0.3, -0.25) is 9.59 Å². The molecule has 0 aromatic rings. The van der Waals surface area contributed by atoms with Crippen LogP contribution in [0.1, 0.15) is 26.7 Å². The topological polar surface area (TPSA) is 120 Å². The van der Waals surface area contributed by atoms with Gasteiger partial charge in [0.1, 0.15) is 0 Å². The molecule has 0 aliphatic carbocycles. The maximum absolute atomic E-state index is 11.2. The highest BCUT2D eigenvalue weighted by molar-refractivity contribution is 6.06. The van der Waals surface area contributed by atoms with E-state index in [4.69, 9.17) is 15.2 Å². The molecule has 0 rings (SSSR count). The van der Waals surface area contributed by atoms with Crippen molar-refractivity contribution in [3.8, 4) is 0 Å². The number of esters is 2. The fourth-order valence-corrected chi connectivity index (χ4v) is 1.03. The number of nitrogens with zero attached hydrogens (tertiary/aromatic N) is 1. The van der Waals surface area contributed by atoms with Crippen LogP contribution in [0.25, 0.3) is 0 Å². The largest absolute Gasteiger partial charge is 0.466 e. The van der Waals surface area contributed by atoms with E-state index in [0.717, 1.165) is 0 Å². The van der Waals surface area contributed by atoms with Crippen molar-refractivity contribution in [2.24, 2.45) is 10.8 Å². The van der Waals surface area contributed by atoms with Gasteiger partial charge in [0.2, 0.25) is 0 Å². The highest BCUT2D eigenvalue weighted by Gasteiger charge is 2.14. The Morgan fingerprint density at radius 2 is 1.50 bits per heavy atom. The molecule has 0 radical (unpaired) electrons. The van der Waals surface area contributed by atoms with Gasteiger partial charge < -0.3 is 15.2 Å². The van der Waals surface area contributed by atoms with Crippen LogP contribution < -0.4 is 11.2 Å². The maximum atomic E-state index is 11.2. The normalized spacial score (nSPS) is 9.22. The van der Waals surface area contributed by atoms with E-state index >= 15 is 0 Å². The summed E-state index contributed by atoms with van der Waals surface area (Å²) in [7, 11) is 0. The third kappa shape index (κ3) is 8.08. The van der Waals surface area contributed by atoms with Gasteiger partial charge in [0.25, 0.3) is 0 Å². The van der Waals surface area contributed by atoms with Gasteiger partial charge in [-0.2, -0.15) is 5.10 Å². The van der Waals surface area contributed by atoms with E-state index in [1.807, 2.05) is 5.43 Å². The third-order valence-electron chi connectivity index (χ3n) is 1.63. The molecule has 3 N–H and O–H groups in total. The smallest absolute Gasteiger partial charge is 0.332 e. The fraction of sp³-hybridized carbons (Fsp3) is 0.600. The second-order valence-corrected chi connectivity index (χ2v) is 3.12. The summed E-state index contributed by atoms with van der Waals surface area (Å²) in [4.78, 5) is 33.0. The van der Waals surface area contributed by atoms with Gasteiger partial charge in [0.05, 0.1) is 31.8 Å². The number of hydrogen-bond donors (Lipinski definition) is 2. The quantitative estimate of drug-likeness (QED) is 0.376. The van der Waals surface area contributed by atoms with Crippen LogP contribution >= 0.6 is 0 Å². The first kappa shape index (κ1) is 15.9. The third-order valence-corrected chi connectivity index (χ3v) is 1.63. The summed E-state index contributed by atoms with van der Waals surface area (Å²) in [6, 6.07) is -0.889. The van der Waals surface area contributed by atoms with Gasteiger partial charge in [-0.1, -0.05) is 0 Å². The highest BCUT2D eigenvalue weighted by atomic mass is 16.5. The Morgan fingerprint density at radius 3 is 1.83 bits per heavy atom. The monoisotopic (exact) mass is 259 g/mol. The van der Waals surface area contributed by atoms with Crippen molar-refractivity contribution >= 4 is 23.7 Å². The van der Waals surface area contributed by atoms with Gasteiger partial charge in [0.15, 0.2) is 0 Å². The summed E-state index contributed by atoms with van der Waals surface area (Å²) in [5.74, 6) is -1.10. The molecule has 0 aliphatic heterocycles. The Hall–Kier alpha value is -2.12. The van der Waals surface area contributed by atoms with Crippen LogP contribution in [-0.2, 0) is 19.1 Å². The Balaban J connectivity index is 4.51. The van der Waals surface area contributed by atoms with Gasteiger partial charge in [-0.25, -0.2) is 10.2 Å². The zero-order chi connectivity index (χ0) is 14.0. The van der Waals surface area contributed by atoms with E-state index in [9.17, 15) is 14.4 Å². The van der Waals surface area contributed by atoms with Crippen molar-refractivity contribution in [3.63, 3.8) is 0 Å². The van der Waals surface area contributed by atoms with Crippen LogP contribution in [-0.4, -0.2) is 36.9 Å². The lowest BCUT2D eigenvalue weighted by molar-refractivity contribution is -0.141. The second-order valence-electron chi connectivity index (χ2n) is 3.12. The first-order valence-electron chi connectivity index (χ1n) is 5.41. The van der Waals surface area contributed by atoms with Crippen molar-refractivity contribution in [3.05, 3.63) is 0 Å². The number of carbonyl (C=O) groups excluding carboxylic acids is 3. The number of carbonyl (C=O) groups is 3. The number of ether oxygens (including phenoxy) is 2. The molecule has 2 amide bonds. The van der Waals surface area contributed by atoms with Gasteiger partial charge in [-0.15, -0.1) is 0 Å². The lowest BCUT2D eigenvalue weighted by Gasteiger charge is -2.06. The Kier molecular flexibility index (Phi) is 7.91. The number of amides is 2. The summed E-state index contributed by atoms with van der Waals surface area (Å²) in [6.45, 7) is 3.74. The molecule has 0 atom stereocenters. The predicted molar refractivity (Wildman–Crippen MR) is 62.7 cm³/mol. The summed E-state index contributed by atoms with van der Waals surface area (Å²) >= 11 is 0. The van der Waals surface area contributed by atoms with Gasteiger partial charge in [0, 0.05) is 0 Å². The van der Waals surface area contributed by atoms with E-state index in [0.29, 0.717) is 0 Å². The Morgan fingerprint density at radius 1 is 1.06 bits per heavy atom. The fourth-order valence-electron chi connectivity index (χ4n) is 1.03. The molecule has 8 heteroatoms. The van der Waals surface area contributed by atoms with Crippen LogP contribution in [0.3, 0.4) is 0 Å². The Bertz CT molecular complexity index is 318. The molecule has 0 saturated heterocycles. The molecule has 0 heterocycles. The molecule has 8 nitrogen and oxygen atoms in total. The highest BCUT2D eigenvalue weighted by Crippen LogP contribution is 1.98. The van der Waals surface area contributed by atoms with Gasteiger partial charge >= 0.3 is 18.0 Å². The van der Waals surface area contributed by atoms with Crippen LogP contribution in [0, 0.1) is 0 Å². The molecular weight excluding hydrogens is 242 g/mol. The number of hydrogen-bond acceptors (Lipinski definition) is 6. The lowest BCUT2D eigenvalue weighted by Crippen LogP contribution is -2.27. The second kappa shape index (κ2) is 8.97. The van der Waals surface area contributed by atoms with Crippen LogP contribution in [0.15, 0.2) is 5.10 Å². The molecule has 18 heavy (non-hydrogen) atoms. The minimum atomic E-state index is -0.889. The van der Waals surface area contributed by atoms with E-state index in [1.165, 1.54) is 0 Å². The van der Waals surface area contributed by atoms with E-state index in [2.05, 4.69) is 5.10 Å².